The Labute approximate surface area is 158 Å². The molecule has 4 heterocycles. The molecule has 7 heteroatoms. The maximum absolute atomic E-state index is 12.4. The third-order valence-electron chi connectivity index (χ3n) is 5.29. The first-order valence-corrected chi connectivity index (χ1v) is 9.41. The third kappa shape index (κ3) is 4.31. The number of pyridine rings is 1. The number of ether oxygens (including phenoxy) is 2. The van der Waals surface area contributed by atoms with Gasteiger partial charge in [-0.15, -0.1) is 0 Å². The van der Waals surface area contributed by atoms with E-state index < -0.39 is 0 Å². The number of hydrogen-bond donors (Lipinski definition) is 0. The van der Waals surface area contributed by atoms with Gasteiger partial charge >= 0.3 is 0 Å². The van der Waals surface area contributed by atoms with Crippen LogP contribution in [0.15, 0.2) is 43.0 Å². The highest BCUT2D eigenvalue weighted by Crippen LogP contribution is 2.38. The predicted molar refractivity (Wildman–Crippen MR) is 97.9 cm³/mol. The van der Waals surface area contributed by atoms with Crippen LogP contribution in [0.4, 0.5) is 0 Å². The minimum atomic E-state index is -0.196. The van der Waals surface area contributed by atoms with Gasteiger partial charge in [0.1, 0.15) is 5.60 Å². The molecule has 0 bridgehead atoms. The van der Waals surface area contributed by atoms with Gasteiger partial charge in [-0.25, -0.2) is 9.97 Å². The molecule has 0 radical (unpaired) electrons. The molecular weight excluding hydrogens is 344 g/mol. The second kappa shape index (κ2) is 8.10. The Hall–Kier alpha value is -2.38. The summed E-state index contributed by atoms with van der Waals surface area (Å²) in [6, 6.07) is 5.65. The lowest BCUT2D eigenvalue weighted by Gasteiger charge is -2.53. The molecule has 1 amide bonds. The van der Waals surface area contributed by atoms with Gasteiger partial charge in [0.25, 0.3) is 5.91 Å². The molecule has 0 unspecified atom stereocenters. The van der Waals surface area contributed by atoms with Crippen LogP contribution < -0.4 is 0 Å². The van der Waals surface area contributed by atoms with E-state index in [-0.39, 0.29) is 17.3 Å². The SMILES string of the molecule is O=C(c1ncccn1)N1CC2(C[C@@H](CCOCc3ccncc3)CCO2)C1. The monoisotopic (exact) mass is 368 g/mol. The van der Waals surface area contributed by atoms with Crippen LogP contribution in [0, 0.1) is 5.92 Å². The first kappa shape index (κ1) is 18.0. The molecular formula is C20H24N4O3. The van der Waals surface area contributed by atoms with E-state index in [4.69, 9.17) is 9.47 Å². The first-order chi connectivity index (χ1) is 13.2. The molecule has 0 aliphatic carbocycles. The second-order valence-corrected chi connectivity index (χ2v) is 7.32. The smallest absolute Gasteiger partial charge is 0.291 e. The summed E-state index contributed by atoms with van der Waals surface area (Å²) in [4.78, 5) is 26.3. The van der Waals surface area contributed by atoms with Crippen molar-refractivity contribution in [1.82, 2.24) is 19.9 Å². The van der Waals surface area contributed by atoms with Crippen LogP contribution in [0.2, 0.25) is 0 Å². The fourth-order valence-corrected chi connectivity index (χ4v) is 3.86. The zero-order chi connectivity index (χ0) is 18.5. The Bertz CT molecular complexity index is 750. The number of likely N-dealkylation sites (tertiary alicyclic amines) is 1. The Balaban J connectivity index is 1.21. The van der Waals surface area contributed by atoms with E-state index >= 15 is 0 Å². The number of carbonyl (C=O) groups excluding carboxylic acids is 1. The normalized spacial score (nSPS) is 21.0. The van der Waals surface area contributed by atoms with Crippen molar-refractivity contribution in [2.45, 2.75) is 31.5 Å². The molecule has 2 aliphatic rings. The van der Waals surface area contributed by atoms with E-state index in [1.807, 2.05) is 12.1 Å². The maximum atomic E-state index is 12.4. The van der Waals surface area contributed by atoms with E-state index in [9.17, 15) is 4.79 Å². The summed E-state index contributed by atoms with van der Waals surface area (Å²) < 4.78 is 11.9. The van der Waals surface area contributed by atoms with Crippen LogP contribution >= 0.6 is 0 Å². The van der Waals surface area contributed by atoms with Crippen molar-refractivity contribution >= 4 is 5.91 Å². The number of aromatic nitrogens is 3. The molecule has 0 aromatic carbocycles. The highest BCUT2D eigenvalue weighted by molar-refractivity contribution is 5.91. The van der Waals surface area contributed by atoms with Crippen molar-refractivity contribution < 1.29 is 14.3 Å². The summed E-state index contributed by atoms with van der Waals surface area (Å²) >= 11 is 0. The Kier molecular flexibility index (Phi) is 5.40. The lowest BCUT2D eigenvalue weighted by molar-refractivity contribution is -0.167. The number of carbonyl (C=O) groups is 1. The van der Waals surface area contributed by atoms with Gasteiger partial charge in [-0.3, -0.25) is 9.78 Å². The van der Waals surface area contributed by atoms with Gasteiger partial charge in [-0.1, -0.05) is 0 Å². The van der Waals surface area contributed by atoms with Crippen molar-refractivity contribution in [1.29, 1.82) is 0 Å². The summed E-state index contributed by atoms with van der Waals surface area (Å²) in [6.45, 7) is 3.36. The van der Waals surface area contributed by atoms with Crippen molar-refractivity contribution in [3.05, 3.63) is 54.4 Å². The summed E-state index contributed by atoms with van der Waals surface area (Å²) in [5.74, 6) is 0.707. The minimum absolute atomic E-state index is 0.118. The van der Waals surface area contributed by atoms with Gasteiger partial charge < -0.3 is 14.4 Å². The Morgan fingerprint density at radius 3 is 2.78 bits per heavy atom. The average Bonchev–Trinajstić information content (AvgIpc) is 2.70. The summed E-state index contributed by atoms with van der Waals surface area (Å²) in [5.41, 5.74) is 0.947. The first-order valence-electron chi connectivity index (χ1n) is 9.41. The summed E-state index contributed by atoms with van der Waals surface area (Å²) in [6.07, 6.45) is 9.80. The van der Waals surface area contributed by atoms with Crippen molar-refractivity contribution in [3.63, 3.8) is 0 Å². The van der Waals surface area contributed by atoms with Gasteiger partial charge in [0.2, 0.25) is 5.82 Å². The molecule has 2 fully saturated rings. The van der Waals surface area contributed by atoms with Crippen LogP contribution in [-0.4, -0.2) is 57.7 Å². The van der Waals surface area contributed by atoms with E-state index in [2.05, 4.69) is 15.0 Å². The van der Waals surface area contributed by atoms with Gasteiger partial charge in [-0.2, -0.15) is 0 Å². The van der Waals surface area contributed by atoms with Crippen LogP contribution in [0.5, 0.6) is 0 Å². The minimum Gasteiger partial charge on any atom is -0.377 e. The van der Waals surface area contributed by atoms with Crippen LogP contribution in [0.3, 0.4) is 0 Å². The molecule has 2 saturated heterocycles. The summed E-state index contributed by atoms with van der Waals surface area (Å²) in [7, 11) is 0. The third-order valence-corrected chi connectivity index (χ3v) is 5.29. The van der Waals surface area contributed by atoms with Crippen molar-refractivity contribution in [3.8, 4) is 0 Å². The van der Waals surface area contributed by atoms with Crippen molar-refractivity contribution in [2.24, 2.45) is 5.92 Å². The van der Waals surface area contributed by atoms with Gasteiger partial charge in [0.15, 0.2) is 0 Å². The fourth-order valence-electron chi connectivity index (χ4n) is 3.86. The lowest BCUT2D eigenvalue weighted by atomic mass is 9.79. The zero-order valence-corrected chi connectivity index (χ0v) is 15.3. The standard InChI is InChI=1S/C20H24N4O3/c25-19(18-22-6-1-7-23-18)24-14-20(15-24)12-16(5-11-27-20)4-10-26-13-17-2-8-21-9-3-17/h1-3,6-9,16H,4-5,10-15H2/t16-/m0/s1. The Morgan fingerprint density at radius 1 is 1.22 bits per heavy atom. The van der Waals surface area contributed by atoms with Gasteiger partial charge in [0, 0.05) is 38.0 Å². The molecule has 0 N–H and O–H groups in total. The van der Waals surface area contributed by atoms with Crippen LogP contribution in [0.1, 0.15) is 35.4 Å². The molecule has 1 spiro atoms. The van der Waals surface area contributed by atoms with E-state index in [0.29, 0.717) is 25.6 Å². The molecule has 1 atom stereocenters. The molecule has 7 nitrogen and oxygen atoms in total. The van der Waals surface area contributed by atoms with E-state index in [0.717, 1.165) is 38.0 Å². The predicted octanol–water partition coefficient (Wildman–Crippen LogP) is 2.10. The number of rotatable bonds is 6. The highest BCUT2D eigenvalue weighted by atomic mass is 16.5. The molecule has 142 valence electrons. The molecule has 2 aromatic rings. The van der Waals surface area contributed by atoms with E-state index in [1.54, 1.807) is 35.8 Å². The van der Waals surface area contributed by atoms with Crippen LogP contribution in [0.25, 0.3) is 0 Å². The Morgan fingerprint density at radius 2 is 2.00 bits per heavy atom. The van der Waals surface area contributed by atoms with Crippen LogP contribution in [-0.2, 0) is 16.1 Å². The van der Waals surface area contributed by atoms with Gasteiger partial charge in [0.05, 0.1) is 19.7 Å². The maximum Gasteiger partial charge on any atom is 0.291 e. The van der Waals surface area contributed by atoms with Crippen molar-refractivity contribution in [2.75, 3.05) is 26.3 Å². The molecule has 27 heavy (non-hydrogen) atoms. The second-order valence-electron chi connectivity index (χ2n) is 7.32. The summed E-state index contributed by atoms with van der Waals surface area (Å²) in [5, 5.41) is 0. The van der Waals surface area contributed by atoms with E-state index in [1.165, 1.54) is 0 Å². The molecule has 4 rings (SSSR count). The quantitative estimate of drug-likeness (QED) is 0.727. The molecule has 2 aromatic heterocycles. The topological polar surface area (TPSA) is 77.4 Å². The average molecular weight is 368 g/mol. The number of hydrogen-bond acceptors (Lipinski definition) is 6. The number of nitrogens with zero attached hydrogens (tertiary/aromatic N) is 4. The molecule has 2 aliphatic heterocycles. The highest BCUT2D eigenvalue weighted by Gasteiger charge is 2.49. The zero-order valence-electron chi connectivity index (χ0n) is 15.3. The molecule has 0 saturated carbocycles. The fraction of sp³-hybridized carbons (Fsp3) is 0.500. The lowest BCUT2D eigenvalue weighted by Crippen LogP contribution is -2.66. The van der Waals surface area contributed by atoms with Gasteiger partial charge in [-0.05, 0) is 48.9 Å². The number of amides is 1. The largest absolute Gasteiger partial charge is 0.377 e.